The second kappa shape index (κ2) is 5.32. The number of carbonyl (C=O) groups is 1. The highest BCUT2D eigenvalue weighted by molar-refractivity contribution is 5.88. The van der Waals surface area contributed by atoms with Crippen LogP contribution >= 0.6 is 0 Å². The van der Waals surface area contributed by atoms with E-state index in [2.05, 4.69) is 21.7 Å². The van der Waals surface area contributed by atoms with Crippen LogP contribution in [0.25, 0.3) is 5.82 Å². The zero-order chi connectivity index (χ0) is 14.9. The number of anilines is 1. The van der Waals surface area contributed by atoms with E-state index in [4.69, 9.17) is 5.73 Å². The molecule has 0 spiro atoms. The number of aryl methyl sites for hydroxylation is 1. The minimum Gasteiger partial charge on any atom is -0.464 e. The van der Waals surface area contributed by atoms with Crippen molar-refractivity contribution in [3.05, 3.63) is 34.8 Å². The molecular weight excluding hydrogens is 256 g/mol. The SMILES string of the molecule is CCc1c(C)nn(-c2nc(C(=O)OC)ccc2N)c1C. The van der Waals surface area contributed by atoms with E-state index in [1.165, 1.54) is 13.2 Å². The Balaban J connectivity index is 2.60. The van der Waals surface area contributed by atoms with Crippen LogP contribution in [0.5, 0.6) is 0 Å². The van der Waals surface area contributed by atoms with Gasteiger partial charge >= 0.3 is 5.97 Å². The minimum absolute atomic E-state index is 0.210. The lowest BCUT2D eigenvalue weighted by atomic mass is 10.1. The number of ether oxygens (including phenoxy) is 1. The molecule has 0 radical (unpaired) electrons. The highest BCUT2D eigenvalue weighted by Crippen LogP contribution is 2.21. The molecule has 0 aromatic carbocycles. The van der Waals surface area contributed by atoms with Crippen molar-refractivity contribution >= 4 is 11.7 Å². The number of rotatable bonds is 3. The smallest absolute Gasteiger partial charge is 0.356 e. The molecule has 2 aromatic rings. The monoisotopic (exact) mass is 274 g/mol. The third kappa shape index (κ3) is 2.24. The third-order valence-electron chi connectivity index (χ3n) is 3.30. The van der Waals surface area contributed by atoms with Crippen molar-refractivity contribution in [2.24, 2.45) is 0 Å². The highest BCUT2D eigenvalue weighted by Gasteiger charge is 2.16. The average Bonchev–Trinajstić information content (AvgIpc) is 2.73. The number of pyridine rings is 1. The van der Waals surface area contributed by atoms with E-state index >= 15 is 0 Å². The molecule has 0 saturated heterocycles. The van der Waals surface area contributed by atoms with Gasteiger partial charge in [0, 0.05) is 5.69 Å². The van der Waals surface area contributed by atoms with Gasteiger partial charge in [0.25, 0.3) is 0 Å². The molecule has 0 aliphatic rings. The molecule has 0 atom stereocenters. The van der Waals surface area contributed by atoms with Crippen LogP contribution in [0.15, 0.2) is 12.1 Å². The normalized spacial score (nSPS) is 10.6. The Labute approximate surface area is 117 Å². The predicted molar refractivity (Wildman–Crippen MR) is 76.0 cm³/mol. The number of nitrogen functional groups attached to an aromatic ring is 1. The molecule has 0 amide bonds. The molecule has 2 rings (SSSR count). The van der Waals surface area contributed by atoms with Crippen molar-refractivity contribution < 1.29 is 9.53 Å². The molecule has 106 valence electrons. The zero-order valence-electron chi connectivity index (χ0n) is 12.1. The fraction of sp³-hybridized carbons (Fsp3) is 0.357. The lowest BCUT2D eigenvalue weighted by Gasteiger charge is -2.08. The quantitative estimate of drug-likeness (QED) is 0.863. The molecule has 0 unspecified atom stereocenters. The maximum absolute atomic E-state index is 11.6. The Morgan fingerprint density at radius 3 is 2.65 bits per heavy atom. The van der Waals surface area contributed by atoms with Crippen molar-refractivity contribution in [3.8, 4) is 5.82 Å². The molecule has 2 aromatic heterocycles. The van der Waals surface area contributed by atoms with Gasteiger partial charge in [-0.25, -0.2) is 14.5 Å². The van der Waals surface area contributed by atoms with Gasteiger partial charge in [0.15, 0.2) is 11.5 Å². The molecule has 0 bridgehead atoms. The molecule has 2 N–H and O–H groups in total. The summed E-state index contributed by atoms with van der Waals surface area (Å²) in [5.74, 6) is -0.0447. The van der Waals surface area contributed by atoms with Crippen molar-refractivity contribution in [1.29, 1.82) is 0 Å². The highest BCUT2D eigenvalue weighted by atomic mass is 16.5. The van der Waals surface area contributed by atoms with Crippen molar-refractivity contribution in [1.82, 2.24) is 14.8 Å². The van der Waals surface area contributed by atoms with Gasteiger partial charge in [-0.05, 0) is 38.0 Å². The number of esters is 1. The van der Waals surface area contributed by atoms with E-state index in [9.17, 15) is 4.79 Å². The zero-order valence-corrected chi connectivity index (χ0v) is 12.1. The van der Waals surface area contributed by atoms with Gasteiger partial charge < -0.3 is 10.5 Å². The second-order valence-electron chi connectivity index (χ2n) is 4.52. The van der Waals surface area contributed by atoms with Crippen molar-refractivity contribution in [2.45, 2.75) is 27.2 Å². The van der Waals surface area contributed by atoms with E-state index in [1.54, 1.807) is 10.7 Å². The van der Waals surface area contributed by atoms with Crippen molar-refractivity contribution in [3.63, 3.8) is 0 Å². The first-order valence-electron chi connectivity index (χ1n) is 6.39. The Kier molecular flexibility index (Phi) is 3.74. The summed E-state index contributed by atoms with van der Waals surface area (Å²) in [5, 5.41) is 4.46. The summed E-state index contributed by atoms with van der Waals surface area (Å²) in [6, 6.07) is 3.17. The summed E-state index contributed by atoms with van der Waals surface area (Å²) in [6.07, 6.45) is 0.883. The first kappa shape index (κ1) is 14.0. The molecule has 0 aliphatic heterocycles. The van der Waals surface area contributed by atoms with E-state index in [0.29, 0.717) is 11.5 Å². The lowest BCUT2D eigenvalue weighted by molar-refractivity contribution is 0.0594. The van der Waals surface area contributed by atoms with Gasteiger partial charge in [-0.1, -0.05) is 6.92 Å². The summed E-state index contributed by atoms with van der Waals surface area (Å²) < 4.78 is 6.35. The number of hydrogen-bond donors (Lipinski definition) is 1. The average molecular weight is 274 g/mol. The fourth-order valence-electron chi connectivity index (χ4n) is 2.24. The summed E-state index contributed by atoms with van der Waals surface area (Å²) in [7, 11) is 1.32. The number of nitrogens with two attached hydrogens (primary N) is 1. The van der Waals surface area contributed by atoms with E-state index in [1.807, 2.05) is 13.8 Å². The maximum Gasteiger partial charge on any atom is 0.356 e. The van der Waals surface area contributed by atoms with Crippen molar-refractivity contribution in [2.75, 3.05) is 12.8 Å². The number of hydrogen-bond acceptors (Lipinski definition) is 5. The topological polar surface area (TPSA) is 83.0 Å². The van der Waals surface area contributed by atoms with E-state index in [-0.39, 0.29) is 5.69 Å². The molecule has 6 nitrogen and oxygen atoms in total. The Morgan fingerprint density at radius 1 is 1.40 bits per heavy atom. The van der Waals surface area contributed by atoms with Gasteiger partial charge in [-0.3, -0.25) is 0 Å². The number of methoxy groups -OCH3 is 1. The minimum atomic E-state index is -0.497. The van der Waals surface area contributed by atoms with Gasteiger partial charge in [0.05, 0.1) is 18.5 Å². The van der Waals surface area contributed by atoms with Crippen LogP contribution in [-0.2, 0) is 11.2 Å². The second-order valence-corrected chi connectivity index (χ2v) is 4.52. The fourth-order valence-corrected chi connectivity index (χ4v) is 2.24. The molecule has 0 saturated carbocycles. The summed E-state index contributed by atoms with van der Waals surface area (Å²) in [5.41, 5.74) is 9.71. The lowest BCUT2D eigenvalue weighted by Crippen LogP contribution is -2.11. The summed E-state index contributed by atoms with van der Waals surface area (Å²) in [4.78, 5) is 15.8. The Morgan fingerprint density at radius 2 is 2.10 bits per heavy atom. The van der Waals surface area contributed by atoms with Crippen LogP contribution in [0, 0.1) is 13.8 Å². The first-order chi connectivity index (χ1) is 9.49. The molecule has 2 heterocycles. The van der Waals surface area contributed by atoms with Crippen LogP contribution in [0.4, 0.5) is 5.69 Å². The molecule has 0 aliphatic carbocycles. The number of carbonyl (C=O) groups excluding carboxylic acids is 1. The molecule has 0 fully saturated rings. The maximum atomic E-state index is 11.6. The van der Waals surface area contributed by atoms with E-state index in [0.717, 1.165) is 23.4 Å². The third-order valence-corrected chi connectivity index (χ3v) is 3.30. The Hall–Kier alpha value is -2.37. The molecule has 20 heavy (non-hydrogen) atoms. The van der Waals surface area contributed by atoms with Gasteiger partial charge in [0.1, 0.15) is 0 Å². The van der Waals surface area contributed by atoms with Crippen LogP contribution in [-0.4, -0.2) is 27.8 Å². The number of nitrogens with zero attached hydrogens (tertiary/aromatic N) is 3. The molecular formula is C14H18N4O2. The van der Waals surface area contributed by atoms with Gasteiger partial charge in [0.2, 0.25) is 0 Å². The number of aromatic nitrogens is 3. The molecule has 6 heteroatoms. The van der Waals surface area contributed by atoms with Gasteiger partial charge in [-0.2, -0.15) is 5.10 Å². The van der Waals surface area contributed by atoms with Crippen LogP contribution in [0.2, 0.25) is 0 Å². The van der Waals surface area contributed by atoms with Gasteiger partial charge in [-0.15, -0.1) is 0 Å². The predicted octanol–water partition coefficient (Wildman–Crippen LogP) is 1.82. The first-order valence-corrected chi connectivity index (χ1v) is 6.39. The Bertz CT molecular complexity index is 661. The summed E-state index contributed by atoms with van der Waals surface area (Å²) in [6.45, 7) is 5.98. The van der Waals surface area contributed by atoms with E-state index < -0.39 is 5.97 Å². The van der Waals surface area contributed by atoms with Crippen LogP contribution in [0.3, 0.4) is 0 Å². The largest absolute Gasteiger partial charge is 0.464 e. The summed E-state index contributed by atoms with van der Waals surface area (Å²) >= 11 is 0. The van der Waals surface area contributed by atoms with Crippen LogP contribution in [0.1, 0.15) is 34.4 Å². The van der Waals surface area contributed by atoms with Crippen LogP contribution < -0.4 is 5.73 Å². The standard InChI is InChI=1S/C14H18N4O2/c1-5-10-8(2)17-18(9(10)3)13-11(15)6-7-12(16-13)14(19)20-4/h6-7H,5,15H2,1-4H3.